The summed E-state index contributed by atoms with van der Waals surface area (Å²) in [7, 11) is 3.45. The van der Waals surface area contributed by atoms with Crippen molar-refractivity contribution < 1.29 is 14.8 Å². The molecule has 0 radical (unpaired) electrons. The molecule has 0 amide bonds. The number of fused-ring (bicyclic) bond motifs is 1. The average Bonchev–Trinajstić information content (AvgIpc) is 2.43. The first kappa shape index (κ1) is 12.9. The first-order valence-electron chi connectivity index (χ1n) is 6.22. The maximum Gasteiger partial charge on any atom is 0.128 e. The molecule has 0 bridgehead atoms. The molecular weight excluding hydrogens is 226 g/mol. The van der Waals surface area contributed by atoms with Gasteiger partial charge in [-0.15, -0.1) is 0 Å². The maximum atomic E-state index is 5.46. The van der Waals surface area contributed by atoms with Crippen LogP contribution in [0.2, 0.25) is 0 Å². The molecule has 0 aromatic heterocycles. The predicted octanol–water partition coefficient (Wildman–Crippen LogP) is 1.56. The van der Waals surface area contributed by atoms with Gasteiger partial charge in [-0.1, -0.05) is 30.3 Å². The summed E-state index contributed by atoms with van der Waals surface area (Å²) in [4.78, 5) is 0. The van der Waals surface area contributed by atoms with Crippen LogP contribution in [0.4, 0.5) is 0 Å². The van der Waals surface area contributed by atoms with Crippen LogP contribution in [-0.2, 0) is 11.3 Å². The van der Waals surface area contributed by atoms with Crippen LogP contribution >= 0.6 is 0 Å². The van der Waals surface area contributed by atoms with Crippen LogP contribution in [0.25, 0.3) is 10.8 Å². The fraction of sp³-hybridized carbons (Fsp3) is 0.333. The van der Waals surface area contributed by atoms with E-state index in [9.17, 15) is 0 Å². The number of quaternary nitrogens is 1. The lowest BCUT2D eigenvalue weighted by molar-refractivity contribution is -0.671. The third kappa shape index (κ3) is 2.81. The average molecular weight is 246 g/mol. The molecule has 0 aliphatic carbocycles. The van der Waals surface area contributed by atoms with Crippen molar-refractivity contribution in [2.75, 3.05) is 27.4 Å². The molecule has 0 heterocycles. The monoisotopic (exact) mass is 246 g/mol. The summed E-state index contributed by atoms with van der Waals surface area (Å²) in [5.74, 6) is 0.961. The Hall–Kier alpha value is -1.58. The van der Waals surface area contributed by atoms with E-state index in [0.717, 1.165) is 25.4 Å². The van der Waals surface area contributed by atoms with Gasteiger partial charge in [0.25, 0.3) is 0 Å². The third-order valence-corrected chi connectivity index (χ3v) is 3.09. The molecular formula is C15H20NO2+. The second-order valence-corrected chi connectivity index (χ2v) is 4.24. The van der Waals surface area contributed by atoms with Gasteiger partial charge in [0.2, 0.25) is 0 Å². The van der Waals surface area contributed by atoms with Crippen molar-refractivity contribution in [2.24, 2.45) is 0 Å². The van der Waals surface area contributed by atoms with Gasteiger partial charge in [0, 0.05) is 7.11 Å². The van der Waals surface area contributed by atoms with Crippen molar-refractivity contribution in [2.45, 2.75) is 6.54 Å². The predicted molar refractivity (Wildman–Crippen MR) is 72.9 cm³/mol. The first-order valence-corrected chi connectivity index (χ1v) is 6.22. The van der Waals surface area contributed by atoms with Crippen LogP contribution in [-0.4, -0.2) is 27.4 Å². The van der Waals surface area contributed by atoms with Gasteiger partial charge in [-0.25, -0.2) is 0 Å². The maximum absolute atomic E-state index is 5.46. The summed E-state index contributed by atoms with van der Waals surface area (Å²) in [6, 6.07) is 12.6. The second kappa shape index (κ2) is 6.38. The molecule has 3 heteroatoms. The van der Waals surface area contributed by atoms with Gasteiger partial charge >= 0.3 is 0 Å². The van der Waals surface area contributed by atoms with E-state index >= 15 is 0 Å². The Morgan fingerprint density at radius 2 is 1.89 bits per heavy atom. The Morgan fingerprint density at radius 1 is 1.06 bits per heavy atom. The molecule has 2 rings (SSSR count). The SMILES string of the molecule is COCC[NH2+]Cc1c(OC)ccc2ccccc12. The van der Waals surface area contributed by atoms with E-state index in [1.165, 1.54) is 16.3 Å². The summed E-state index contributed by atoms with van der Waals surface area (Å²) in [6.45, 7) is 2.64. The van der Waals surface area contributed by atoms with Crippen LogP contribution < -0.4 is 10.1 Å². The number of rotatable bonds is 6. The summed E-state index contributed by atoms with van der Waals surface area (Å²) in [6.07, 6.45) is 0. The Bertz CT molecular complexity index is 511. The molecule has 96 valence electrons. The van der Waals surface area contributed by atoms with Crippen molar-refractivity contribution in [3.63, 3.8) is 0 Å². The van der Waals surface area contributed by atoms with E-state index in [0.29, 0.717) is 0 Å². The van der Waals surface area contributed by atoms with Crippen LogP contribution in [0.1, 0.15) is 5.56 Å². The van der Waals surface area contributed by atoms with Crippen LogP contribution in [0, 0.1) is 0 Å². The topological polar surface area (TPSA) is 35.1 Å². The van der Waals surface area contributed by atoms with E-state index in [4.69, 9.17) is 9.47 Å². The summed E-state index contributed by atoms with van der Waals surface area (Å²) < 4.78 is 10.5. The molecule has 0 spiro atoms. The molecule has 2 N–H and O–H groups in total. The van der Waals surface area contributed by atoms with Crippen molar-refractivity contribution in [1.29, 1.82) is 0 Å². The van der Waals surface area contributed by atoms with Gasteiger partial charge in [-0.3, -0.25) is 0 Å². The zero-order valence-electron chi connectivity index (χ0n) is 11.0. The highest BCUT2D eigenvalue weighted by molar-refractivity contribution is 5.87. The fourth-order valence-corrected chi connectivity index (χ4v) is 2.17. The molecule has 0 saturated carbocycles. The quantitative estimate of drug-likeness (QED) is 0.785. The smallest absolute Gasteiger partial charge is 0.128 e. The number of benzene rings is 2. The minimum absolute atomic E-state index is 0.771. The highest BCUT2D eigenvalue weighted by atomic mass is 16.5. The lowest BCUT2D eigenvalue weighted by Crippen LogP contribution is -2.83. The van der Waals surface area contributed by atoms with Crippen LogP contribution in [0.5, 0.6) is 5.75 Å². The van der Waals surface area contributed by atoms with Crippen LogP contribution in [0.3, 0.4) is 0 Å². The highest BCUT2D eigenvalue weighted by Crippen LogP contribution is 2.26. The van der Waals surface area contributed by atoms with Gasteiger partial charge in [0.15, 0.2) is 0 Å². The number of nitrogens with two attached hydrogens (primary N) is 1. The molecule has 18 heavy (non-hydrogen) atoms. The number of methoxy groups -OCH3 is 2. The molecule has 2 aromatic carbocycles. The number of ether oxygens (including phenoxy) is 2. The molecule has 2 aromatic rings. The van der Waals surface area contributed by atoms with E-state index < -0.39 is 0 Å². The Kier molecular flexibility index (Phi) is 4.56. The Balaban J connectivity index is 2.27. The molecule has 3 nitrogen and oxygen atoms in total. The minimum Gasteiger partial charge on any atom is -0.496 e. The second-order valence-electron chi connectivity index (χ2n) is 4.24. The minimum atomic E-state index is 0.771. The van der Waals surface area contributed by atoms with Crippen molar-refractivity contribution in [3.8, 4) is 5.75 Å². The number of hydrogen-bond donors (Lipinski definition) is 1. The fourth-order valence-electron chi connectivity index (χ4n) is 2.17. The van der Waals surface area contributed by atoms with Crippen molar-refractivity contribution >= 4 is 10.8 Å². The normalized spacial score (nSPS) is 10.8. The largest absolute Gasteiger partial charge is 0.496 e. The molecule has 0 fully saturated rings. The molecule has 0 aliphatic rings. The molecule has 0 unspecified atom stereocenters. The van der Waals surface area contributed by atoms with Gasteiger partial charge in [0.05, 0.1) is 25.8 Å². The van der Waals surface area contributed by atoms with Crippen molar-refractivity contribution in [3.05, 3.63) is 42.0 Å². The lowest BCUT2D eigenvalue weighted by Gasteiger charge is -2.11. The summed E-state index contributed by atoms with van der Waals surface area (Å²) in [5.41, 5.74) is 1.26. The first-order chi connectivity index (χ1) is 8.86. The van der Waals surface area contributed by atoms with E-state index in [-0.39, 0.29) is 0 Å². The Labute approximate surface area is 108 Å². The number of hydrogen-bond acceptors (Lipinski definition) is 2. The van der Waals surface area contributed by atoms with Crippen molar-refractivity contribution in [1.82, 2.24) is 0 Å². The van der Waals surface area contributed by atoms with E-state index in [1.807, 2.05) is 6.07 Å². The lowest BCUT2D eigenvalue weighted by atomic mass is 10.0. The standard InChI is InChI=1S/C15H19NO2/c1-17-10-9-16-11-14-13-6-4-3-5-12(13)7-8-15(14)18-2/h3-8,16H,9-11H2,1-2H3/p+1. The summed E-state index contributed by atoms with van der Waals surface area (Å²) in [5, 5.41) is 4.77. The summed E-state index contributed by atoms with van der Waals surface area (Å²) >= 11 is 0. The molecule has 0 aliphatic heterocycles. The van der Waals surface area contributed by atoms with Crippen LogP contribution in [0.15, 0.2) is 36.4 Å². The highest BCUT2D eigenvalue weighted by Gasteiger charge is 2.09. The van der Waals surface area contributed by atoms with E-state index in [1.54, 1.807) is 14.2 Å². The van der Waals surface area contributed by atoms with Gasteiger partial charge in [-0.2, -0.15) is 0 Å². The van der Waals surface area contributed by atoms with Gasteiger partial charge in [0.1, 0.15) is 12.3 Å². The third-order valence-electron chi connectivity index (χ3n) is 3.09. The molecule has 0 saturated heterocycles. The van der Waals surface area contributed by atoms with Gasteiger partial charge < -0.3 is 14.8 Å². The zero-order valence-corrected chi connectivity index (χ0v) is 11.0. The van der Waals surface area contributed by atoms with E-state index in [2.05, 4.69) is 35.6 Å². The Morgan fingerprint density at radius 3 is 2.67 bits per heavy atom. The zero-order chi connectivity index (χ0) is 12.8. The van der Waals surface area contributed by atoms with Gasteiger partial charge in [-0.05, 0) is 16.8 Å². The molecule has 0 atom stereocenters.